The maximum Gasteiger partial charge on any atom is 0.357 e. The molecular weight excluding hydrogens is 325 g/mol. The van der Waals surface area contributed by atoms with Crippen LogP contribution in [0, 0.1) is 24.1 Å². The van der Waals surface area contributed by atoms with Crippen molar-refractivity contribution in [2.24, 2.45) is 0 Å². The number of nitrogens with two attached hydrogens (primary N) is 1. The Hall–Kier alpha value is -3.60. The van der Waals surface area contributed by atoms with Gasteiger partial charge in [-0.25, -0.2) is 13.9 Å². The van der Waals surface area contributed by atoms with E-state index in [1.165, 1.54) is 36.1 Å². The number of nitriles is 1. The molecule has 3 rings (SSSR count). The molecule has 0 aliphatic heterocycles. The van der Waals surface area contributed by atoms with E-state index in [0.29, 0.717) is 11.4 Å². The number of benzene rings is 1. The second-order valence-electron chi connectivity index (χ2n) is 5.37. The first-order valence-corrected chi connectivity index (χ1v) is 7.27. The van der Waals surface area contributed by atoms with Crippen molar-refractivity contribution >= 4 is 11.7 Å². The molecule has 2 heterocycles. The van der Waals surface area contributed by atoms with Gasteiger partial charge in [-0.1, -0.05) is 0 Å². The van der Waals surface area contributed by atoms with Crippen LogP contribution in [0.2, 0.25) is 0 Å². The highest BCUT2D eigenvalue weighted by Crippen LogP contribution is 2.28. The molecule has 0 aliphatic rings. The Balaban J connectivity index is 2.32. The van der Waals surface area contributed by atoms with E-state index in [-0.39, 0.29) is 16.9 Å². The Labute approximate surface area is 142 Å². The highest BCUT2D eigenvalue weighted by molar-refractivity contribution is 5.96. The van der Waals surface area contributed by atoms with Gasteiger partial charge < -0.3 is 15.0 Å². The summed E-state index contributed by atoms with van der Waals surface area (Å²) in [6.45, 7) is 1.87. The zero-order valence-electron chi connectivity index (χ0n) is 13.5. The number of hydrogen-bond donors (Lipinski definition) is 1. The lowest BCUT2D eigenvalue weighted by molar-refractivity contribution is 0.0593. The predicted molar refractivity (Wildman–Crippen MR) is 88.1 cm³/mol. The van der Waals surface area contributed by atoms with Gasteiger partial charge in [0.15, 0.2) is 5.69 Å². The first-order valence-electron chi connectivity index (χ1n) is 7.27. The van der Waals surface area contributed by atoms with E-state index in [0.717, 1.165) is 5.56 Å². The van der Waals surface area contributed by atoms with Crippen LogP contribution in [0.25, 0.3) is 11.4 Å². The molecule has 2 aromatic heterocycles. The molecule has 3 aromatic rings. The summed E-state index contributed by atoms with van der Waals surface area (Å²) in [5, 5.41) is 13.4. The van der Waals surface area contributed by atoms with Crippen LogP contribution < -0.4 is 5.73 Å². The second-order valence-corrected chi connectivity index (χ2v) is 5.37. The van der Waals surface area contributed by atoms with Crippen molar-refractivity contribution in [2.75, 3.05) is 12.8 Å². The van der Waals surface area contributed by atoms with Crippen molar-refractivity contribution in [3.63, 3.8) is 0 Å². The number of aromatic nitrogens is 3. The monoisotopic (exact) mass is 339 g/mol. The average molecular weight is 339 g/mol. The lowest BCUT2D eigenvalue weighted by Crippen LogP contribution is -2.13. The molecule has 8 heteroatoms. The van der Waals surface area contributed by atoms with E-state index in [2.05, 4.69) is 5.10 Å². The van der Waals surface area contributed by atoms with Gasteiger partial charge in [0.25, 0.3) is 0 Å². The number of carbonyl (C=O) groups excluding carboxylic acids is 1. The van der Waals surface area contributed by atoms with Crippen molar-refractivity contribution in [2.45, 2.75) is 6.92 Å². The minimum Gasteiger partial charge on any atom is -0.464 e. The molecule has 0 amide bonds. The number of hydrogen-bond acceptors (Lipinski definition) is 5. The molecule has 0 spiro atoms. The molecule has 0 saturated heterocycles. The van der Waals surface area contributed by atoms with Gasteiger partial charge >= 0.3 is 5.97 Å². The molecule has 7 nitrogen and oxygen atoms in total. The molecular formula is C17H14FN5O2. The first kappa shape index (κ1) is 16.3. The molecule has 0 unspecified atom stereocenters. The van der Waals surface area contributed by atoms with Crippen LogP contribution in [0.4, 0.5) is 10.1 Å². The predicted octanol–water partition coefficient (Wildman–Crippen LogP) is 2.35. The quantitative estimate of drug-likeness (QED) is 0.739. The number of carbonyl (C=O) groups is 1. The van der Waals surface area contributed by atoms with Gasteiger partial charge in [0.1, 0.15) is 11.9 Å². The number of methoxy groups -OCH3 is 1. The van der Waals surface area contributed by atoms with E-state index in [1.54, 1.807) is 17.1 Å². The number of nitrogens with zero attached hydrogens (tertiary/aromatic N) is 4. The molecule has 0 atom stereocenters. The largest absolute Gasteiger partial charge is 0.464 e. The molecule has 126 valence electrons. The van der Waals surface area contributed by atoms with Crippen molar-refractivity contribution < 1.29 is 13.9 Å². The van der Waals surface area contributed by atoms with Gasteiger partial charge in [-0.2, -0.15) is 10.4 Å². The number of esters is 1. The van der Waals surface area contributed by atoms with Gasteiger partial charge in [0, 0.05) is 18.5 Å². The number of ether oxygens (including phenoxy) is 1. The van der Waals surface area contributed by atoms with Crippen LogP contribution in [0.15, 0.2) is 36.8 Å². The van der Waals surface area contributed by atoms with E-state index in [4.69, 9.17) is 10.5 Å². The maximum absolute atomic E-state index is 13.9. The standard InChI is InChI=1S/C17H14FN5O2/c1-10-7-21-23(8-10)13-4-3-12(18)5-14(13)22-9-11(6-19)15(20)16(22)17(24)25-2/h3-5,7-9H,20H2,1-2H3. The summed E-state index contributed by atoms with van der Waals surface area (Å²) < 4.78 is 21.5. The number of rotatable bonds is 3. The summed E-state index contributed by atoms with van der Waals surface area (Å²) in [4.78, 5) is 12.1. The van der Waals surface area contributed by atoms with Crippen LogP contribution in [0.1, 0.15) is 21.6 Å². The summed E-state index contributed by atoms with van der Waals surface area (Å²) in [5.41, 5.74) is 7.64. The lowest BCUT2D eigenvalue weighted by atomic mass is 10.2. The van der Waals surface area contributed by atoms with Crippen molar-refractivity contribution in [3.05, 3.63) is 59.4 Å². The van der Waals surface area contributed by atoms with Crippen LogP contribution in [-0.2, 0) is 4.74 Å². The SMILES string of the molecule is COC(=O)c1c(N)c(C#N)cn1-c1cc(F)ccc1-n1cc(C)cn1. The average Bonchev–Trinajstić information content (AvgIpc) is 3.17. The highest BCUT2D eigenvalue weighted by Gasteiger charge is 2.23. The van der Waals surface area contributed by atoms with Gasteiger partial charge in [-0.15, -0.1) is 0 Å². The molecule has 0 aliphatic carbocycles. The van der Waals surface area contributed by atoms with Gasteiger partial charge in [-0.3, -0.25) is 0 Å². The summed E-state index contributed by atoms with van der Waals surface area (Å²) >= 11 is 0. The van der Waals surface area contributed by atoms with Crippen LogP contribution in [-0.4, -0.2) is 27.4 Å². The van der Waals surface area contributed by atoms with E-state index in [1.807, 2.05) is 13.0 Å². The Bertz CT molecular complexity index is 1010. The van der Waals surface area contributed by atoms with Crippen molar-refractivity contribution in [1.82, 2.24) is 14.3 Å². The Morgan fingerprint density at radius 3 is 2.72 bits per heavy atom. The number of halogens is 1. The number of aryl methyl sites for hydroxylation is 1. The Morgan fingerprint density at radius 1 is 1.36 bits per heavy atom. The van der Waals surface area contributed by atoms with Gasteiger partial charge in [0.05, 0.1) is 35.9 Å². The Morgan fingerprint density at radius 2 is 2.12 bits per heavy atom. The van der Waals surface area contributed by atoms with Crippen LogP contribution in [0.3, 0.4) is 0 Å². The van der Waals surface area contributed by atoms with Gasteiger partial charge in [0.2, 0.25) is 0 Å². The van der Waals surface area contributed by atoms with Gasteiger partial charge in [-0.05, 0) is 24.6 Å². The molecule has 0 radical (unpaired) electrons. The third-order valence-electron chi connectivity index (χ3n) is 3.70. The third-order valence-corrected chi connectivity index (χ3v) is 3.70. The summed E-state index contributed by atoms with van der Waals surface area (Å²) in [5.74, 6) is -1.24. The molecule has 1 aromatic carbocycles. The first-order chi connectivity index (χ1) is 12.0. The second kappa shape index (κ2) is 6.13. The van der Waals surface area contributed by atoms with Crippen LogP contribution >= 0.6 is 0 Å². The van der Waals surface area contributed by atoms with E-state index in [9.17, 15) is 14.4 Å². The fourth-order valence-corrected chi connectivity index (χ4v) is 2.53. The highest BCUT2D eigenvalue weighted by atomic mass is 19.1. The minimum absolute atomic E-state index is 0.0267. The van der Waals surface area contributed by atoms with Crippen LogP contribution in [0.5, 0.6) is 0 Å². The van der Waals surface area contributed by atoms with E-state index < -0.39 is 11.8 Å². The maximum atomic E-state index is 13.9. The van der Waals surface area contributed by atoms with Crippen molar-refractivity contribution in [1.29, 1.82) is 5.26 Å². The lowest BCUT2D eigenvalue weighted by Gasteiger charge is -2.13. The zero-order valence-corrected chi connectivity index (χ0v) is 13.5. The number of nitrogen functional groups attached to an aromatic ring is 1. The minimum atomic E-state index is -0.731. The molecule has 2 N–H and O–H groups in total. The van der Waals surface area contributed by atoms with E-state index >= 15 is 0 Å². The summed E-state index contributed by atoms with van der Waals surface area (Å²) in [6, 6.07) is 5.96. The Kier molecular flexibility index (Phi) is 3.99. The fourth-order valence-electron chi connectivity index (χ4n) is 2.53. The topological polar surface area (TPSA) is 98.9 Å². The summed E-state index contributed by atoms with van der Waals surface area (Å²) in [6.07, 6.45) is 4.78. The molecule has 0 saturated carbocycles. The smallest absolute Gasteiger partial charge is 0.357 e. The third kappa shape index (κ3) is 2.72. The molecule has 25 heavy (non-hydrogen) atoms. The summed E-state index contributed by atoms with van der Waals surface area (Å²) in [7, 11) is 1.20. The normalized spacial score (nSPS) is 10.5. The zero-order chi connectivity index (χ0) is 18.1. The fraction of sp³-hybridized carbons (Fsp3) is 0.118. The molecule has 0 bridgehead atoms. The molecule has 0 fully saturated rings. The van der Waals surface area contributed by atoms with Crippen molar-refractivity contribution in [3.8, 4) is 17.4 Å². The number of anilines is 1.